The summed E-state index contributed by atoms with van der Waals surface area (Å²) in [7, 11) is 1.62. The molecule has 1 saturated carbocycles. The van der Waals surface area contributed by atoms with E-state index in [1.165, 1.54) is 6.07 Å². The summed E-state index contributed by atoms with van der Waals surface area (Å²) < 4.78 is 11.1. The summed E-state index contributed by atoms with van der Waals surface area (Å²) in [5.74, 6) is 1.41. The van der Waals surface area contributed by atoms with E-state index in [-0.39, 0.29) is 11.5 Å². The van der Waals surface area contributed by atoms with Crippen LogP contribution >= 0.6 is 0 Å². The summed E-state index contributed by atoms with van der Waals surface area (Å²) >= 11 is 0. The van der Waals surface area contributed by atoms with Gasteiger partial charge in [0.15, 0.2) is 0 Å². The lowest BCUT2D eigenvalue weighted by Gasteiger charge is -2.14. The maximum absolute atomic E-state index is 11.0. The molecule has 190 valence electrons. The molecule has 0 saturated heterocycles. The Morgan fingerprint density at radius 3 is 2.50 bits per heavy atom. The molecule has 1 fully saturated rings. The second kappa shape index (κ2) is 9.27. The maximum atomic E-state index is 11.0. The van der Waals surface area contributed by atoms with E-state index in [1.54, 1.807) is 19.4 Å². The molecule has 0 bridgehead atoms. The molecule has 2 heterocycles. The molecule has 1 aliphatic rings. The Labute approximate surface area is 220 Å². The van der Waals surface area contributed by atoms with Gasteiger partial charge in [0.25, 0.3) is 0 Å². The molecule has 38 heavy (non-hydrogen) atoms. The van der Waals surface area contributed by atoms with Gasteiger partial charge in [0, 0.05) is 34.5 Å². The minimum Gasteiger partial charge on any atom is -0.507 e. The van der Waals surface area contributed by atoms with Crippen molar-refractivity contribution in [2.75, 3.05) is 12.4 Å². The van der Waals surface area contributed by atoms with Gasteiger partial charge in [-0.05, 0) is 66.6 Å². The summed E-state index contributed by atoms with van der Waals surface area (Å²) in [6.07, 6.45) is 3.93. The first-order valence-electron chi connectivity index (χ1n) is 12.5. The third-order valence-corrected chi connectivity index (χ3v) is 7.05. The van der Waals surface area contributed by atoms with Crippen LogP contribution in [0.1, 0.15) is 18.4 Å². The average Bonchev–Trinajstić information content (AvgIpc) is 3.71. The van der Waals surface area contributed by atoms with Crippen molar-refractivity contribution in [1.82, 2.24) is 10.1 Å². The number of aryl methyl sites for hydroxylation is 1. The van der Waals surface area contributed by atoms with Gasteiger partial charge in [0.2, 0.25) is 5.88 Å². The Bertz CT molecular complexity index is 1680. The number of nitrogens with one attached hydrogen (secondary N) is 1. The van der Waals surface area contributed by atoms with Gasteiger partial charge in [0.05, 0.1) is 18.2 Å². The van der Waals surface area contributed by atoms with Gasteiger partial charge in [-0.3, -0.25) is 4.98 Å². The number of fused-ring (bicyclic) bond motifs is 1. The molecular weight excluding hydrogens is 478 g/mol. The van der Waals surface area contributed by atoms with Gasteiger partial charge in [-0.25, -0.2) is 0 Å². The Morgan fingerprint density at radius 2 is 1.76 bits per heavy atom. The van der Waals surface area contributed by atoms with Gasteiger partial charge >= 0.3 is 0 Å². The minimum absolute atomic E-state index is 0.0461. The molecule has 0 spiro atoms. The predicted octanol–water partition coefficient (Wildman–Crippen LogP) is 7.29. The van der Waals surface area contributed by atoms with Crippen LogP contribution in [0.4, 0.5) is 5.88 Å². The maximum Gasteiger partial charge on any atom is 0.237 e. The van der Waals surface area contributed by atoms with Gasteiger partial charge < -0.3 is 24.8 Å². The molecule has 0 aliphatic heterocycles. The highest BCUT2D eigenvalue weighted by atomic mass is 16.5. The van der Waals surface area contributed by atoms with Crippen LogP contribution in [0.3, 0.4) is 0 Å². The molecule has 0 radical (unpaired) electrons. The van der Waals surface area contributed by atoms with Crippen molar-refractivity contribution in [3.63, 3.8) is 0 Å². The van der Waals surface area contributed by atoms with Crippen molar-refractivity contribution in [2.24, 2.45) is 5.92 Å². The second-order valence-corrected chi connectivity index (χ2v) is 9.60. The van der Waals surface area contributed by atoms with Gasteiger partial charge in [-0.15, -0.1) is 0 Å². The number of phenols is 2. The van der Waals surface area contributed by atoms with Crippen LogP contribution in [0.25, 0.3) is 44.4 Å². The minimum atomic E-state index is -0.114. The molecular formula is C31H27N3O4. The highest BCUT2D eigenvalue weighted by Crippen LogP contribution is 2.47. The van der Waals surface area contributed by atoms with E-state index in [2.05, 4.69) is 22.0 Å². The second-order valence-electron chi connectivity index (χ2n) is 9.60. The number of ether oxygens (including phenoxy) is 1. The molecule has 0 unspecified atom stereocenters. The zero-order chi connectivity index (χ0) is 26.4. The number of methoxy groups -OCH3 is 1. The summed E-state index contributed by atoms with van der Waals surface area (Å²) in [6.45, 7) is 6.17. The monoisotopic (exact) mass is 505 g/mol. The van der Waals surface area contributed by atoms with Crippen LogP contribution in [-0.4, -0.2) is 27.5 Å². The normalized spacial score (nSPS) is 13.0. The Balaban J connectivity index is 1.54. The zero-order valence-corrected chi connectivity index (χ0v) is 21.2. The van der Waals surface area contributed by atoms with Crippen LogP contribution in [0, 0.1) is 12.8 Å². The highest BCUT2D eigenvalue weighted by molar-refractivity contribution is 5.99. The number of aromatic nitrogens is 2. The molecule has 7 heteroatoms. The summed E-state index contributed by atoms with van der Waals surface area (Å²) in [5.41, 5.74) is 6.48. The first-order valence-corrected chi connectivity index (χ1v) is 12.5. The Kier molecular flexibility index (Phi) is 5.76. The lowest BCUT2D eigenvalue weighted by molar-refractivity contribution is 0.415. The lowest BCUT2D eigenvalue weighted by Crippen LogP contribution is -2.00. The summed E-state index contributed by atoms with van der Waals surface area (Å²) in [4.78, 5) is 4.53. The molecule has 7 nitrogen and oxygen atoms in total. The Hall–Kier alpha value is -4.78. The van der Waals surface area contributed by atoms with Crippen molar-refractivity contribution in [3.05, 3.63) is 84.7 Å². The molecule has 3 aromatic carbocycles. The van der Waals surface area contributed by atoms with Crippen LogP contribution < -0.4 is 10.1 Å². The third kappa shape index (κ3) is 4.12. The number of hydrogen-bond acceptors (Lipinski definition) is 7. The van der Waals surface area contributed by atoms with E-state index in [4.69, 9.17) is 9.26 Å². The standard InChI is InChI=1S/C31H27N3O4/c1-17-6-13-22(23-5-4-14-32-29(17)23)24-15-25(27(36)16-26(24)35)30-28(20-9-11-21(37-3)12-10-20)31(38-34-30)33-18(2)19-7-8-19/h4-6,9-16,19,33,35-36H,2,7-8H2,1,3H3. The van der Waals surface area contributed by atoms with Crippen molar-refractivity contribution >= 4 is 16.8 Å². The van der Waals surface area contributed by atoms with E-state index in [0.717, 1.165) is 51.9 Å². The molecule has 3 N–H and O–H groups in total. The largest absolute Gasteiger partial charge is 0.507 e. The molecule has 0 atom stereocenters. The lowest BCUT2D eigenvalue weighted by atomic mass is 9.93. The molecule has 1 aliphatic carbocycles. The summed E-state index contributed by atoms with van der Waals surface area (Å²) in [6, 6.07) is 18.4. The van der Waals surface area contributed by atoms with E-state index < -0.39 is 0 Å². The first-order chi connectivity index (χ1) is 18.4. The number of aromatic hydroxyl groups is 2. The number of phenolic OH excluding ortho intramolecular Hbond substituents is 2. The quantitative estimate of drug-likeness (QED) is 0.214. The highest BCUT2D eigenvalue weighted by Gasteiger charge is 2.28. The van der Waals surface area contributed by atoms with Crippen LogP contribution in [0.15, 0.2) is 83.7 Å². The zero-order valence-electron chi connectivity index (χ0n) is 21.2. The average molecular weight is 506 g/mol. The number of allylic oxidation sites excluding steroid dienone is 1. The molecule has 0 amide bonds. The SMILES string of the molecule is C=C(Nc1onc(-c2cc(-c3ccc(C)c4ncccc34)c(O)cc2O)c1-c1ccc(OC)cc1)C1CC1. The van der Waals surface area contributed by atoms with Crippen molar-refractivity contribution < 1.29 is 19.5 Å². The third-order valence-electron chi connectivity index (χ3n) is 7.05. The summed E-state index contributed by atoms with van der Waals surface area (Å²) in [5, 5.41) is 30.5. The van der Waals surface area contributed by atoms with Gasteiger partial charge in [-0.2, -0.15) is 0 Å². The fourth-order valence-electron chi connectivity index (χ4n) is 4.80. The first kappa shape index (κ1) is 23.6. The Morgan fingerprint density at radius 1 is 1.00 bits per heavy atom. The molecule has 2 aromatic heterocycles. The van der Waals surface area contributed by atoms with E-state index in [0.29, 0.717) is 34.2 Å². The number of rotatable bonds is 7. The smallest absolute Gasteiger partial charge is 0.237 e. The van der Waals surface area contributed by atoms with Gasteiger partial charge in [-0.1, -0.05) is 42.1 Å². The number of hydrogen-bond donors (Lipinski definition) is 3. The molecule has 6 rings (SSSR count). The topological polar surface area (TPSA) is 101 Å². The van der Waals surface area contributed by atoms with Crippen LogP contribution in [-0.2, 0) is 0 Å². The van der Waals surface area contributed by atoms with Crippen molar-refractivity contribution in [2.45, 2.75) is 19.8 Å². The van der Waals surface area contributed by atoms with E-state index >= 15 is 0 Å². The molecule has 5 aromatic rings. The van der Waals surface area contributed by atoms with Gasteiger partial charge in [0.1, 0.15) is 22.9 Å². The fourth-order valence-corrected chi connectivity index (χ4v) is 4.80. The van der Waals surface area contributed by atoms with Crippen molar-refractivity contribution in [1.29, 1.82) is 0 Å². The van der Waals surface area contributed by atoms with E-state index in [9.17, 15) is 10.2 Å². The van der Waals surface area contributed by atoms with Crippen LogP contribution in [0.2, 0.25) is 0 Å². The number of benzene rings is 3. The van der Waals surface area contributed by atoms with Crippen molar-refractivity contribution in [3.8, 4) is 50.8 Å². The fraction of sp³-hybridized carbons (Fsp3) is 0.161. The number of anilines is 1. The van der Waals surface area contributed by atoms with E-state index in [1.807, 2.05) is 55.5 Å². The number of pyridine rings is 1. The number of nitrogens with zero attached hydrogens (tertiary/aromatic N) is 2. The predicted molar refractivity (Wildman–Crippen MR) is 148 cm³/mol. The van der Waals surface area contributed by atoms with Crippen LogP contribution in [0.5, 0.6) is 17.2 Å².